The van der Waals surface area contributed by atoms with Crippen molar-refractivity contribution in [3.63, 3.8) is 0 Å². The van der Waals surface area contributed by atoms with E-state index in [1.165, 1.54) is 57.8 Å². The van der Waals surface area contributed by atoms with E-state index in [0.717, 1.165) is 23.4 Å². The Kier molecular flexibility index (Phi) is 7.13. The van der Waals surface area contributed by atoms with E-state index in [4.69, 9.17) is 0 Å². The fourth-order valence-electron chi connectivity index (χ4n) is 2.75. The molecule has 2 aromatic rings. The lowest BCUT2D eigenvalue weighted by Gasteiger charge is -2.06. The molecular formula is C17H29N5. The van der Waals surface area contributed by atoms with Gasteiger partial charge in [0, 0.05) is 13.6 Å². The second-order valence-corrected chi connectivity index (χ2v) is 5.98. The number of hydrogen-bond acceptors (Lipinski definition) is 4. The summed E-state index contributed by atoms with van der Waals surface area (Å²) >= 11 is 0. The lowest BCUT2D eigenvalue weighted by Crippen LogP contribution is -2.04. The van der Waals surface area contributed by atoms with Crippen LogP contribution in [0.1, 0.15) is 64.7 Å². The Hall–Kier alpha value is -1.65. The Morgan fingerprint density at radius 2 is 1.64 bits per heavy atom. The quantitative estimate of drug-likeness (QED) is 0.629. The van der Waals surface area contributed by atoms with Crippen LogP contribution in [0.3, 0.4) is 0 Å². The van der Waals surface area contributed by atoms with Gasteiger partial charge in [-0.05, 0) is 6.42 Å². The molecule has 1 N–H and O–H groups in total. The van der Waals surface area contributed by atoms with Crippen LogP contribution in [0.25, 0.3) is 11.0 Å². The molecule has 0 spiro atoms. The molecule has 5 heteroatoms. The third kappa shape index (κ3) is 4.97. The van der Waals surface area contributed by atoms with Crippen LogP contribution in [0.2, 0.25) is 0 Å². The van der Waals surface area contributed by atoms with Crippen LogP contribution in [-0.2, 0) is 7.05 Å². The molecule has 0 aliphatic heterocycles. The number of nitrogens with zero attached hydrogens (tertiary/aromatic N) is 4. The minimum atomic E-state index is 0.879. The number of rotatable bonds is 11. The highest BCUT2D eigenvalue weighted by Gasteiger charge is 2.06. The molecule has 5 nitrogen and oxygen atoms in total. The summed E-state index contributed by atoms with van der Waals surface area (Å²) in [7, 11) is 1.90. The lowest BCUT2D eigenvalue weighted by atomic mass is 10.1. The van der Waals surface area contributed by atoms with Crippen molar-refractivity contribution < 1.29 is 0 Å². The van der Waals surface area contributed by atoms with Gasteiger partial charge in [-0.15, -0.1) is 0 Å². The molecule has 2 aromatic heterocycles. The van der Waals surface area contributed by atoms with Crippen molar-refractivity contribution in [2.75, 3.05) is 11.9 Å². The molecule has 0 aromatic carbocycles. The van der Waals surface area contributed by atoms with E-state index >= 15 is 0 Å². The van der Waals surface area contributed by atoms with Gasteiger partial charge in [0.2, 0.25) is 0 Å². The van der Waals surface area contributed by atoms with Gasteiger partial charge in [-0.1, -0.05) is 58.3 Å². The first-order valence-corrected chi connectivity index (χ1v) is 8.69. The van der Waals surface area contributed by atoms with Crippen LogP contribution < -0.4 is 5.32 Å². The van der Waals surface area contributed by atoms with E-state index in [-0.39, 0.29) is 0 Å². The van der Waals surface area contributed by atoms with Gasteiger partial charge in [-0.3, -0.25) is 4.68 Å². The van der Waals surface area contributed by atoms with Gasteiger partial charge >= 0.3 is 0 Å². The first-order chi connectivity index (χ1) is 10.8. The lowest BCUT2D eigenvalue weighted by molar-refractivity contribution is 0.569. The molecule has 22 heavy (non-hydrogen) atoms. The van der Waals surface area contributed by atoms with Crippen molar-refractivity contribution in [2.45, 2.75) is 64.7 Å². The largest absolute Gasteiger partial charge is 0.369 e. The van der Waals surface area contributed by atoms with Crippen LogP contribution in [0, 0.1) is 0 Å². The molecule has 0 bridgehead atoms. The third-order valence-corrected chi connectivity index (χ3v) is 4.10. The highest BCUT2D eigenvalue weighted by Crippen LogP contribution is 2.17. The molecule has 0 saturated heterocycles. The number of aromatic nitrogens is 4. The number of fused-ring (bicyclic) bond motifs is 1. The summed E-state index contributed by atoms with van der Waals surface area (Å²) in [6.07, 6.45) is 15.6. The Morgan fingerprint density at radius 1 is 0.955 bits per heavy atom. The smallest absolute Gasteiger partial charge is 0.163 e. The van der Waals surface area contributed by atoms with Gasteiger partial charge in [0.25, 0.3) is 0 Å². The summed E-state index contributed by atoms with van der Waals surface area (Å²) in [6, 6.07) is 0. The fourth-order valence-corrected chi connectivity index (χ4v) is 2.75. The van der Waals surface area contributed by atoms with Crippen LogP contribution in [0.15, 0.2) is 12.5 Å². The van der Waals surface area contributed by atoms with Crippen LogP contribution >= 0.6 is 0 Å². The second-order valence-electron chi connectivity index (χ2n) is 5.98. The number of hydrogen-bond donors (Lipinski definition) is 1. The third-order valence-electron chi connectivity index (χ3n) is 4.10. The van der Waals surface area contributed by atoms with Crippen molar-refractivity contribution in [1.29, 1.82) is 0 Å². The fraction of sp³-hybridized carbons (Fsp3) is 0.706. The average Bonchev–Trinajstić information content (AvgIpc) is 2.91. The van der Waals surface area contributed by atoms with Gasteiger partial charge in [0.15, 0.2) is 5.65 Å². The highest BCUT2D eigenvalue weighted by atomic mass is 15.3. The number of nitrogens with one attached hydrogen (secondary N) is 1. The van der Waals surface area contributed by atoms with Crippen molar-refractivity contribution in [1.82, 2.24) is 19.7 Å². The predicted molar refractivity (Wildman–Crippen MR) is 92.0 cm³/mol. The van der Waals surface area contributed by atoms with Gasteiger partial charge < -0.3 is 5.32 Å². The minimum Gasteiger partial charge on any atom is -0.369 e. The predicted octanol–water partition coefficient (Wildman–Crippen LogP) is 4.31. The highest BCUT2D eigenvalue weighted by molar-refractivity contribution is 5.85. The summed E-state index contributed by atoms with van der Waals surface area (Å²) in [5.41, 5.74) is 0.879. The maximum atomic E-state index is 4.32. The van der Waals surface area contributed by atoms with Crippen LogP contribution in [0.5, 0.6) is 0 Å². The van der Waals surface area contributed by atoms with Crippen molar-refractivity contribution in [2.24, 2.45) is 7.05 Å². The van der Waals surface area contributed by atoms with E-state index < -0.39 is 0 Å². The van der Waals surface area contributed by atoms with E-state index in [0.29, 0.717) is 0 Å². The summed E-state index contributed by atoms with van der Waals surface area (Å²) in [6.45, 7) is 3.24. The van der Waals surface area contributed by atoms with Crippen molar-refractivity contribution >= 4 is 16.9 Å². The average molecular weight is 303 g/mol. The van der Waals surface area contributed by atoms with Gasteiger partial charge in [0.1, 0.15) is 12.1 Å². The Balaban J connectivity index is 1.59. The first kappa shape index (κ1) is 16.7. The second kappa shape index (κ2) is 9.38. The molecule has 0 amide bonds. The molecule has 0 saturated carbocycles. The molecule has 122 valence electrons. The Morgan fingerprint density at radius 3 is 2.36 bits per heavy atom. The molecule has 0 atom stereocenters. The van der Waals surface area contributed by atoms with E-state index in [1.54, 1.807) is 11.0 Å². The minimum absolute atomic E-state index is 0.879. The summed E-state index contributed by atoms with van der Waals surface area (Å²) in [5, 5.41) is 8.65. The van der Waals surface area contributed by atoms with Crippen LogP contribution in [0.4, 0.5) is 5.82 Å². The molecule has 0 aliphatic rings. The Bertz CT molecular complexity index is 549. The number of unbranched alkanes of at least 4 members (excludes halogenated alkanes) is 8. The van der Waals surface area contributed by atoms with Crippen molar-refractivity contribution in [3.05, 3.63) is 12.5 Å². The van der Waals surface area contributed by atoms with Gasteiger partial charge in [-0.25, -0.2) is 9.97 Å². The maximum Gasteiger partial charge on any atom is 0.163 e. The van der Waals surface area contributed by atoms with E-state index in [9.17, 15) is 0 Å². The molecule has 2 rings (SSSR count). The van der Waals surface area contributed by atoms with Crippen molar-refractivity contribution in [3.8, 4) is 0 Å². The Labute approximate surface area is 133 Å². The number of aryl methyl sites for hydroxylation is 1. The standard InChI is InChI=1S/C17H29N5/c1-3-4-5-6-7-8-9-10-11-12-18-16-15-13-21-22(2)17(15)20-14-19-16/h13-14H,3-12H2,1-2H3,(H,18,19,20). The number of anilines is 1. The monoisotopic (exact) mass is 303 g/mol. The zero-order chi connectivity index (χ0) is 15.6. The topological polar surface area (TPSA) is 55.6 Å². The maximum absolute atomic E-state index is 4.32. The molecule has 0 fully saturated rings. The van der Waals surface area contributed by atoms with E-state index in [2.05, 4.69) is 27.3 Å². The first-order valence-electron chi connectivity index (χ1n) is 8.69. The van der Waals surface area contributed by atoms with Gasteiger partial charge in [0.05, 0.1) is 11.6 Å². The zero-order valence-corrected chi connectivity index (χ0v) is 14.0. The zero-order valence-electron chi connectivity index (χ0n) is 14.0. The molecule has 2 heterocycles. The van der Waals surface area contributed by atoms with Gasteiger partial charge in [-0.2, -0.15) is 5.10 Å². The molecular weight excluding hydrogens is 274 g/mol. The summed E-state index contributed by atoms with van der Waals surface area (Å²) in [5.74, 6) is 0.901. The molecule has 0 unspecified atom stereocenters. The molecule has 0 aliphatic carbocycles. The van der Waals surface area contributed by atoms with E-state index in [1.807, 2.05) is 13.2 Å². The van der Waals surface area contributed by atoms with Crippen LogP contribution in [-0.4, -0.2) is 26.3 Å². The molecule has 0 radical (unpaired) electrons. The summed E-state index contributed by atoms with van der Waals surface area (Å²) < 4.78 is 1.78. The SMILES string of the molecule is CCCCCCCCCCCNc1ncnc2c1cnn2C. The summed E-state index contributed by atoms with van der Waals surface area (Å²) in [4.78, 5) is 8.57. The normalized spacial score (nSPS) is 11.2.